The van der Waals surface area contributed by atoms with Crippen LogP contribution in [0.15, 0.2) is 0 Å². The van der Waals surface area contributed by atoms with Gasteiger partial charge in [0.1, 0.15) is 5.54 Å². The van der Waals surface area contributed by atoms with Gasteiger partial charge in [0.2, 0.25) is 11.8 Å². The predicted molar refractivity (Wildman–Crippen MR) is 75.6 cm³/mol. The number of nitrogens with one attached hydrogen (secondary N) is 3. The Labute approximate surface area is 119 Å². The minimum Gasteiger partial charge on any atom is -0.480 e. The summed E-state index contributed by atoms with van der Waals surface area (Å²) >= 11 is 0. The summed E-state index contributed by atoms with van der Waals surface area (Å²) in [7, 11) is 2.25. The third-order valence-electron chi connectivity index (χ3n) is 3.43. The zero-order chi connectivity index (χ0) is 15.2. The molecule has 0 aliphatic heterocycles. The molecule has 1 aliphatic carbocycles. The molecule has 0 bridgehead atoms. The molecule has 0 aromatic rings. The highest BCUT2D eigenvalue weighted by molar-refractivity contribution is 7.13. The van der Waals surface area contributed by atoms with Crippen LogP contribution in [0.1, 0.15) is 19.3 Å². The summed E-state index contributed by atoms with van der Waals surface area (Å²) in [4.78, 5) is 33.2. The minimum absolute atomic E-state index is 0.0892. The Morgan fingerprint density at radius 3 is 2.50 bits per heavy atom. The predicted octanol–water partition coefficient (Wildman–Crippen LogP) is -1.82. The monoisotopic (exact) mass is 304 g/mol. The zero-order valence-electron chi connectivity index (χ0n) is 11.1. The van der Waals surface area contributed by atoms with E-state index < -0.39 is 11.5 Å². The second kappa shape index (κ2) is 7.52. The van der Waals surface area contributed by atoms with Gasteiger partial charge in [-0.1, -0.05) is 9.39 Å². The van der Waals surface area contributed by atoms with Crippen molar-refractivity contribution in [2.45, 2.75) is 24.8 Å². The van der Waals surface area contributed by atoms with Crippen molar-refractivity contribution in [3.05, 3.63) is 0 Å². The van der Waals surface area contributed by atoms with Crippen LogP contribution in [-0.4, -0.2) is 48.1 Å². The fourth-order valence-corrected chi connectivity index (χ4v) is 2.55. The lowest BCUT2D eigenvalue weighted by atomic mass is 10.1. The maximum absolute atomic E-state index is 11.3. The largest absolute Gasteiger partial charge is 0.480 e. The lowest BCUT2D eigenvalue weighted by Crippen LogP contribution is -2.39. The van der Waals surface area contributed by atoms with Gasteiger partial charge in [0.05, 0.1) is 13.1 Å². The van der Waals surface area contributed by atoms with Crippen LogP contribution in [0.3, 0.4) is 0 Å². The highest BCUT2D eigenvalue weighted by Crippen LogP contribution is 2.47. The number of carboxylic acids is 1. The number of carboxylic acid groups (broad SMARTS) is 1. The number of nitrogens with two attached hydrogens (primary N) is 1. The van der Waals surface area contributed by atoms with Crippen molar-refractivity contribution in [2.75, 3.05) is 19.6 Å². The van der Waals surface area contributed by atoms with Gasteiger partial charge in [-0.25, -0.2) is 0 Å². The Hall–Kier alpha value is -1.24. The van der Waals surface area contributed by atoms with Crippen LogP contribution >= 0.6 is 9.39 Å². The minimum atomic E-state index is -0.842. The lowest BCUT2D eigenvalue weighted by Gasteiger charge is -2.10. The molecule has 6 N–H and O–H groups in total. The topological polar surface area (TPSA) is 134 Å². The van der Waals surface area contributed by atoms with E-state index in [9.17, 15) is 14.4 Å². The van der Waals surface area contributed by atoms with E-state index in [0.29, 0.717) is 19.4 Å². The van der Waals surface area contributed by atoms with E-state index >= 15 is 0 Å². The standard InChI is InChI=1S/C11H21N4O4P/c12-5-8(16)14-6-9(17)13-3-1-2-7-4-11(7,15-20)10(18)19/h7,15H,1-6,12,20H2,(H,13,17)(H,14,16)(H,18,19). The summed E-state index contributed by atoms with van der Waals surface area (Å²) in [6.07, 6.45) is 2.03. The first-order valence-electron chi connectivity index (χ1n) is 6.41. The Morgan fingerprint density at radius 1 is 1.30 bits per heavy atom. The second-order valence-corrected chi connectivity index (χ2v) is 5.08. The quantitative estimate of drug-likeness (QED) is 0.252. The van der Waals surface area contributed by atoms with Crippen LogP contribution < -0.4 is 21.5 Å². The van der Waals surface area contributed by atoms with Crippen LogP contribution in [0.2, 0.25) is 0 Å². The third kappa shape index (κ3) is 4.40. The maximum atomic E-state index is 11.3. The summed E-state index contributed by atoms with van der Waals surface area (Å²) in [6.45, 7) is 0.223. The number of carbonyl (C=O) groups is 3. The van der Waals surface area contributed by atoms with E-state index in [2.05, 4.69) is 25.1 Å². The van der Waals surface area contributed by atoms with Crippen LogP contribution in [0.25, 0.3) is 0 Å². The molecule has 114 valence electrons. The summed E-state index contributed by atoms with van der Waals surface area (Å²) < 4.78 is 0. The van der Waals surface area contributed by atoms with E-state index in [-0.39, 0.29) is 30.8 Å². The van der Waals surface area contributed by atoms with Gasteiger partial charge in [-0.3, -0.25) is 19.5 Å². The molecular formula is C11H21N4O4P. The van der Waals surface area contributed by atoms with Gasteiger partial charge in [-0.05, 0) is 25.2 Å². The fraction of sp³-hybridized carbons (Fsp3) is 0.727. The molecule has 20 heavy (non-hydrogen) atoms. The van der Waals surface area contributed by atoms with Gasteiger partial charge in [0.25, 0.3) is 0 Å². The fourth-order valence-electron chi connectivity index (χ4n) is 2.07. The highest BCUT2D eigenvalue weighted by atomic mass is 31.0. The molecule has 1 aliphatic rings. The molecule has 0 heterocycles. The third-order valence-corrected chi connectivity index (χ3v) is 3.94. The summed E-state index contributed by atoms with van der Waals surface area (Å²) in [5.74, 6) is -1.41. The van der Waals surface area contributed by atoms with Gasteiger partial charge in [0.15, 0.2) is 0 Å². The number of rotatable bonds is 9. The van der Waals surface area contributed by atoms with Gasteiger partial charge in [-0.2, -0.15) is 0 Å². The van der Waals surface area contributed by atoms with Gasteiger partial charge in [0, 0.05) is 6.54 Å². The van der Waals surface area contributed by atoms with E-state index in [1.54, 1.807) is 0 Å². The Balaban J connectivity index is 2.10. The first kappa shape index (κ1) is 16.8. The van der Waals surface area contributed by atoms with Crippen LogP contribution in [-0.2, 0) is 14.4 Å². The van der Waals surface area contributed by atoms with Gasteiger partial charge < -0.3 is 21.5 Å². The van der Waals surface area contributed by atoms with E-state index in [0.717, 1.165) is 6.42 Å². The lowest BCUT2D eigenvalue weighted by molar-refractivity contribution is -0.140. The van der Waals surface area contributed by atoms with E-state index in [1.165, 1.54) is 0 Å². The number of hydrogen-bond acceptors (Lipinski definition) is 5. The van der Waals surface area contributed by atoms with Crippen molar-refractivity contribution in [2.24, 2.45) is 11.7 Å². The summed E-state index contributed by atoms with van der Waals surface area (Å²) in [6, 6.07) is 0. The first-order valence-corrected chi connectivity index (χ1v) is 6.98. The van der Waals surface area contributed by atoms with Gasteiger partial charge in [-0.15, -0.1) is 0 Å². The molecule has 9 heteroatoms. The highest BCUT2D eigenvalue weighted by Gasteiger charge is 2.58. The van der Waals surface area contributed by atoms with Crippen molar-refractivity contribution < 1.29 is 19.5 Å². The number of hydrogen-bond donors (Lipinski definition) is 5. The number of amides is 2. The molecule has 8 nitrogen and oxygen atoms in total. The maximum Gasteiger partial charge on any atom is 0.324 e. The van der Waals surface area contributed by atoms with Crippen molar-refractivity contribution in [3.8, 4) is 0 Å². The molecule has 1 fully saturated rings. The molecule has 3 unspecified atom stereocenters. The molecule has 0 aromatic carbocycles. The van der Waals surface area contributed by atoms with Crippen molar-refractivity contribution >= 4 is 27.2 Å². The molecule has 1 saturated carbocycles. The van der Waals surface area contributed by atoms with Gasteiger partial charge >= 0.3 is 5.97 Å². The molecule has 0 saturated heterocycles. The smallest absolute Gasteiger partial charge is 0.324 e. The van der Waals surface area contributed by atoms with E-state index in [1.807, 2.05) is 0 Å². The Bertz CT molecular complexity index is 393. The SMILES string of the molecule is NCC(=O)NCC(=O)NCCCC1CC1(NP)C(=O)O. The molecular weight excluding hydrogens is 283 g/mol. The molecule has 0 radical (unpaired) electrons. The van der Waals surface area contributed by atoms with Crippen LogP contribution in [0.5, 0.6) is 0 Å². The molecule has 3 atom stereocenters. The van der Waals surface area contributed by atoms with Crippen LogP contribution in [0, 0.1) is 5.92 Å². The van der Waals surface area contributed by atoms with Crippen molar-refractivity contribution in [1.82, 2.24) is 15.7 Å². The normalized spacial score (nSPS) is 24.0. The van der Waals surface area contributed by atoms with Crippen molar-refractivity contribution in [1.29, 1.82) is 0 Å². The summed E-state index contributed by atoms with van der Waals surface area (Å²) in [5, 5.41) is 16.8. The molecule has 2 amide bonds. The second-order valence-electron chi connectivity index (χ2n) is 4.79. The average Bonchev–Trinajstić information content (AvgIpc) is 3.16. The zero-order valence-corrected chi connectivity index (χ0v) is 12.3. The Morgan fingerprint density at radius 2 is 2.00 bits per heavy atom. The summed E-state index contributed by atoms with van der Waals surface area (Å²) in [5.41, 5.74) is 4.27. The molecule has 1 rings (SSSR count). The number of aliphatic carboxylic acids is 1. The number of carbonyl (C=O) groups excluding carboxylic acids is 2. The van der Waals surface area contributed by atoms with Crippen molar-refractivity contribution in [3.63, 3.8) is 0 Å². The average molecular weight is 304 g/mol. The first-order chi connectivity index (χ1) is 9.46. The Kier molecular flexibility index (Phi) is 6.32. The molecule has 0 spiro atoms. The van der Waals surface area contributed by atoms with Crippen LogP contribution in [0.4, 0.5) is 0 Å². The molecule has 0 aromatic heterocycles. The van der Waals surface area contributed by atoms with E-state index in [4.69, 9.17) is 10.8 Å².